The molecule has 20 heavy (non-hydrogen) atoms. The third-order valence-corrected chi connectivity index (χ3v) is 3.26. The van der Waals surface area contributed by atoms with Crippen LogP contribution in [0.25, 0.3) is 0 Å². The summed E-state index contributed by atoms with van der Waals surface area (Å²) >= 11 is 5.52. The molecule has 0 bridgehead atoms. The Morgan fingerprint density at radius 2 is 2.15 bits per heavy atom. The van der Waals surface area contributed by atoms with Crippen LogP contribution >= 0.6 is 11.6 Å². The van der Waals surface area contributed by atoms with Crippen LogP contribution in [0.5, 0.6) is 0 Å². The molecule has 0 aromatic heterocycles. The molecule has 6 nitrogen and oxygen atoms in total. The maximum absolute atomic E-state index is 11.6. The first-order valence-electron chi connectivity index (χ1n) is 6.89. The lowest BCUT2D eigenvalue weighted by Crippen LogP contribution is -2.45. The van der Waals surface area contributed by atoms with Gasteiger partial charge < -0.3 is 16.0 Å². The minimum atomic E-state index is -0.354. The van der Waals surface area contributed by atoms with E-state index in [4.69, 9.17) is 16.9 Å². The van der Waals surface area contributed by atoms with Gasteiger partial charge in [0, 0.05) is 57.9 Å². The zero-order valence-electron chi connectivity index (χ0n) is 11.6. The molecule has 1 rings (SSSR count). The summed E-state index contributed by atoms with van der Waals surface area (Å²) in [5.41, 5.74) is 0.0971. The van der Waals surface area contributed by atoms with E-state index in [9.17, 15) is 4.79 Å². The molecule has 1 aliphatic heterocycles. The highest BCUT2D eigenvalue weighted by Crippen LogP contribution is 1.93. The number of piperazine rings is 1. The van der Waals surface area contributed by atoms with Crippen LogP contribution in [0.4, 0.5) is 0 Å². The lowest BCUT2D eigenvalue weighted by Gasteiger charge is -2.26. The lowest BCUT2D eigenvalue weighted by molar-refractivity contribution is -0.117. The summed E-state index contributed by atoms with van der Waals surface area (Å²) < 4.78 is 0. The Balaban J connectivity index is 2.23. The van der Waals surface area contributed by atoms with Crippen molar-refractivity contribution in [3.8, 4) is 6.07 Å². The van der Waals surface area contributed by atoms with E-state index in [2.05, 4.69) is 20.9 Å². The number of rotatable bonds is 8. The Kier molecular flexibility index (Phi) is 8.79. The van der Waals surface area contributed by atoms with E-state index in [-0.39, 0.29) is 11.5 Å². The van der Waals surface area contributed by atoms with Crippen LogP contribution in [0.2, 0.25) is 0 Å². The summed E-state index contributed by atoms with van der Waals surface area (Å²) in [4.78, 5) is 14.0. The molecule has 7 heteroatoms. The van der Waals surface area contributed by atoms with E-state index in [1.54, 1.807) is 0 Å². The number of carbonyl (C=O) groups excluding carboxylic acids is 1. The van der Waals surface area contributed by atoms with Gasteiger partial charge in [-0.15, -0.1) is 11.6 Å². The fourth-order valence-corrected chi connectivity index (χ4v) is 1.98. The molecule has 0 aromatic carbocycles. The van der Waals surface area contributed by atoms with Crippen LogP contribution in [0.15, 0.2) is 11.8 Å². The number of hydrogen-bond donors (Lipinski definition) is 3. The molecule has 1 aliphatic rings. The standard InChI is InChI=1S/C13H22ClN5O/c14-2-1-3-18-13(20)12(10-15)11-17-6-9-19-7-4-16-5-8-19/h11,16-17H,1-9H2,(H,18,20)/b12-11-. The monoisotopic (exact) mass is 299 g/mol. The van der Waals surface area contributed by atoms with Gasteiger partial charge in [0.25, 0.3) is 5.91 Å². The van der Waals surface area contributed by atoms with Crippen molar-refractivity contribution in [1.82, 2.24) is 20.9 Å². The molecular weight excluding hydrogens is 278 g/mol. The Labute approximate surface area is 125 Å². The minimum Gasteiger partial charge on any atom is -0.388 e. The number of nitrogens with zero attached hydrogens (tertiary/aromatic N) is 2. The molecular formula is C13H22ClN5O. The van der Waals surface area contributed by atoms with Gasteiger partial charge in [-0.1, -0.05) is 0 Å². The highest BCUT2D eigenvalue weighted by Gasteiger charge is 2.09. The number of alkyl halides is 1. The van der Waals surface area contributed by atoms with E-state index in [1.807, 2.05) is 6.07 Å². The van der Waals surface area contributed by atoms with Crippen molar-refractivity contribution in [2.24, 2.45) is 0 Å². The molecule has 1 saturated heterocycles. The van der Waals surface area contributed by atoms with Crippen molar-refractivity contribution in [3.05, 3.63) is 11.8 Å². The quantitative estimate of drug-likeness (QED) is 0.247. The summed E-state index contributed by atoms with van der Waals surface area (Å²) in [6.45, 7) is 6.22. The number of nitriles is 1. The van der Waals surface area contributed by atoms with E-state index in [0.717, 1.165) is 39.3 Å². The first-order valence-corrected chi connectivity index (χ1v) is 7.42. The second kappa shape index (κ2) is 10.5. The van der Waals surface area contributed by atoms with Gasteiger partial charge in [-0.25, -0.2) is 0 Å². The van der Waals surface area contributed by atoms with Gasteiger partial charge in [0.05, 0.1) is 0 Å². The Morgan fingerprint density at radius 3 is 2.80 bits per heavy atom. The molecule has 112 valence electrons. The summed E-state index contributed by atoms with van der Waals surface area (Å²) in [5, 5.41) is 17.9. The SMILES string of the molecule is N#C/C(=C/NCCN1CCNCC1)C(=O)NCCCCl. The van der Waals surface area contributed by atoms with Crippen molar-refractivity contribution in [3.63, 3.8) is 0 Å². The maximum atomic E-state index is 11.6. The molecule has 1 fully saturated rings. The summed E-state index contributed by atoms with van der Waals surface area (Å²) in [6, 6.07) is 1.90. The summed E-state index contributed by atoms with van der Waals surface area (Å²) in [7, 11) is 0. The van der Waals surface area contributed by atoms with Gasteiger partial charge in [-0.3, -0.25) is 9.69 Å². The summed E-state index contributed by atoms with van der Waals surface area (Å²) in [5.74, 6) is 0.141. The zero-order chi connectivity index (χ0) is 14.6. The Morgan fingerprint density at radius 1 is 1.40 bits per heavy atom. The molecule has 1 heterocycles. The van der Waals surface area contributed by atoms with Crippen molar-refractivity contribution >= 4 is 17.5 Å². The van der Waals surface area contributed by atoms with Crippen LogP contribution in [-0.2, 0) is 4.79 Å². The second-order valence-corrected chi connectivity index (χ2v) is 4.89. The fourth-order valence-electron chi connectivity index (χ4n) is 1.84. The number of nitrogens with one attached hydrogen (secondary N) is 3. The van der Waals surface area contributed by atoms with Crippen molar-refractivity contribution in [2.75, 3.05) is 51.7 Å². The first kappa shape index (κ1) is 16.8. The average Bonchev–Trinajstić information content (AvgIpc) is 2.48. The zero-order valence-corrected chi connectivity index (χ0v) is 12.4. The van der Waals surface area contributed by atoms with E-state index in [0.29, 0.717) is 18.8 Å². The summed E-state index contributed by atoms with van der Waals surface area (Å²) in [6.07, 6.45) is 2.18. The average molecular weight is 300 g/mol. The molecule has 0 saturated carbocycles. The van der Waals surface area contributed by atoms with Crippen LogP contribution in [-0.4, -0.2) is 62.5 Å². The van der Waals surface area contributed by atoms with Gasteiger partial charge in [0.2, 0.25) is 0 Å². The Hall–Kier alpha value is -1.29. The maximum Gasteiger partial charge on any atom is 0.263 e. The van der Waals surface area contributed by atoms with E-state index in [1.165, 1.54) is 6.20 Å². The fraction of sp³-hybridized carbons (Fsp3) is 0.692. The number of hydrogen-bond acceptors (Lipinski definition) is 5. The van der Waals surface area contributed by atoms with Gasteiger partial charge >= 0.3 is 0 Å². The topological polar surface area (TPSA) is 80.2 Å². The normalized spacial score (nSPS) is 16.5. The molecule has 0 unspecified atom stereocenters. The van der Waals surface area contributed by atoms with Crippen LogP contribution in [0.1, 0.15) is 6.42 Å². The van der Waals surface area contributed by atoms with Crippen LogP contribution < -0.4 is 16.0 Å². The lowest BCUT2D eigenvalue weighted by atomic mass is 10.3. The molecule has 0 spiro atoms. The smallest absolute Gasteiger partial charge is 0.263 e. The first-order chi connectivity index (χ1) is 9.77. The molecule has 0 aliphatic carbocycles. The molecule has 1 amide bonds. The van der Waals surface area contributed by atoms with Gasteiger partial charge in [-0.2, -0.15) is 5.26 Å². The predicted octanol–water partition coefficient (Wildman–Crippen LogP) is -0.366. The third kappa shape index (κ3) is 6.75. The molecule has 0 aromatic rings. The van der Waals surface area contributed by atoms with Crippen LogP contribution in [0, 0.1) is 11.3 Å². The predicted molar refractivity (Wildman–Crippen MR) is 79.4 cm³/mol. The number of halogens is 1. The molecule has 0 radical (unpaired) electrons. The van der Waals surface area contributed by atoms with Gasteiger partial charge in [0.15, 0.2) is 0 Å². The second-order valence-electron chi connectivity index (χ2n) is 4.51. The third-order valence-electron chi connectivity index (χ3n) is 2.99. The van der Waals surface area contributed by atoms with E-state index < -0.39 is 0 Å². The van der Waals surface area contributed by atoms with Gasteiger partial charge in [0.1, 0.15) is 11.6 Å². The van der Waals surface area contributed by atoms with Crippen molar-refractivity contribution in [2.45, 2.75) is 6.42 Å². The number of carbonyl (C=O) groups is 1. The van der Waals surface area contributed by atoms with E-state index >= 15 is 0 Å². The Bertz CT molecular complexity index is 360. The highest BCUT2D eigenvalue weighted by atomic mass is 35.5. The van der Waals surface area contributed by atoms with Gasteiger partial charge in [-0.05, 0) is 6.42 Å². The minimum absolute atomic E-state index is 0.0971. The largest absolute Gasteiger partial charge is 0.388 e. The molecule has 3 N–H and O–H groups in total. The van der Waals surface area contributed by atoms with Crippen molar-refractivity contribution in [1.29, 1.82) is 5.26 Å². The van der Waals surface area contributed by atoms with Crippen molar-refractivity contribution < 1.29 is 4.79 Å². The highest BCUT2D eigenvalue weighted by molar-refractivity contribution is 6.17. The number of amides is 1. The molecule has 0 atom stereocenters. The van der Waals surface area contributed by atoms with Crippen LogP contribution in [0.3, 0.4) is 0 Å².